The number of rotatable bonds is 4. The van der Waals surface area contributed by atoms with Crippen molar-refractivity contribution in [2.24, 2.45) is 0 Å². The van der Waals surface area contributed by atoms with Gasteiger partial charge in [0.05, 0.1) is 12.7 Å². The number of aryl methyl sites for hydroxylation is 1. The summed E-state index contributed by atoms with van der Waals surface area (Å²) < 4.78 is 32.8. The summed E-state index contributed by atoms with van der Waals surface area (Å²) in [6.45, 7) is 3.65. The van der Waals surface area contributed by atoms with E-state index in [-0.39, 0.29) is 4.90 Å². The number of anilines is 1. The smallest absolute Gasteiger partial charge is 0.246 e. The third-order valence-electron chi connectivity index (χ3n) is 4.38. The van der Waals surface area contributed by atoms with Gasteiger partial charge in [0.25, 0.3) is 0 Å². The van der Waals surface area contributed by atoms with Crippen LogP contribution >= 0.6 is 0 Å². The molecule has 0 radical (unpaired) electrons. The molecule has 0 atom stereocenters. The van der Waals surface area contributed by atoms with E-state index in [1.807, 2.05) is 24.0 Å². The minimum atomic E-state index is -3.63. The third-order valence-corrected chi connectivity index (χ3v) is 6.30. The van der Waals surface area contributed by atoms with Crippen molar-refractivity contribution in [1.82, 2.24) is 9.29 Å². The summed E-state index contributed by atoms with van der Waals surface area (Å²) in [5, 5.41) is 8.85. The molecule has 0 saturated carbocycles. The molecule has 1 aromatic carbocycles. The molecule has 0 spiro atoms. The molecule has 0 bridgehead atoms. The average Bonchev–Trinajstić information content (AvgIpc) is 2.68. The fraction of sp³-hybridized carbons (Fsp3) is 0.333. The second kappa shape index (κ2) is 7.32. The van der Waals surface area contributed by atoms with Gasteiger partial charge >= 0.3 is 0 Å². The average molecular weight is 372 g/mol. The van der Waals surface area contributed by atoms with Crippen LogP contribution in [-0.4, -0.2) is 51.0 Å². The van der Waals surface area contributed by atoms with Crippen molar-refractivity contribution >= 4 is 15.8 Å². The zero-order valence-corrected chi connectivity index (χ0v) is 15.5. The Morgan fingerprint density at radius 3 is 2.46 bits per heavy atom. The van der Waals surface area contributed by atoms with Crippen molar-refractivity contribution in [2.75, 3.05) is 38.2 Å². The molecule has 7 nitrogen and oxygen atoms in total. The van der Waals surface area contributed by atoms with Crippen molar-refractivity contribution < 1.29 is 13.2 Å². The maximum Gasteiger partial charge on any atom is 0.246 e. The van der Waals surface area contributed by atoms with E-state index in [0.717, 1.165) is 11.4 Å². The van der Waals surface area contributed by atoms with Crippen LogP contribution in [0.4, 0.5) is 5.82 Å². The summed E-state index contributed by atoms with van der Waals surface area (Å²) >= 11 is 0. The maximum absolute atomic E-state index is 13.0. The van der Waals surface area contributed by atoms with E-state index in [1.165, 1.54) is 17.6 Å². The van der Waals surface area contributed by atoms with Crippen molar-refractivity contribution in [3.05, 3.63) is 47.7 Å². The van der Waals surface area contributed by atoms with Gasteiger partial charge in [0.2, 0.25) is 10.0 Å². The molecule has 0 N–H and O–H groups in total. The molecule has 1 saturated heterocycles. The number of nitriles is 1. The fourth-order valence-electron chi connectivity index (χ4n) is 2.92. The molecule has 0 unspecified atom stereocenters. The molecule has 8 heteroatoms. The van der Waals surface area contributed by atoms with Crippen LogP contribution in [0.25, 0.3) is 0 Å². The number of ether oxygens (including phenoxy) is 1. The van der Waals surface area contributed by atoms with Crippen molar-refractivity contribution in [3.63, 3.8) is 0 Å². The Morgan fingerprint density at radius 1 is 1.15 bits per heavy atom. The molecular formula is C18H20N4O3S. The highest BCUT2D eigenvalue weighted by Gasteiger charge is 2.31. The molecule has 2 aromatic rings. The summed E-state index contributed by atoms with van der Waals surface area (Å²) in [4.78, 5) is 6.49. The van der Waals surface area contributed by atoms with E-state index < -0.39 is 10.0 Å². The number of sulfonamides is 1. The first-order chi connectivity index (χ1) is 12.5. The zero-order valence-electron chi connectivity index (χ0n) is 14.7. The molecular weight excluding hydrogens is 352 g/mol. The highest BCUT2D eigenvalue weighted by atomic mass is 32.2. The fourth-order valence-corrected chi connectivity index (χ4v) is 4.58. The van der Waals surface area contributed by atoms with Gasteiger partial charge in [-0.15, -0.1) is 0 Å². The lowest BCUT2D eigenvalue weighted by atomic mass is 10.2. The van der Waals surface area contributed by atoms with Crippen LogP contribution in [0.2, 0.25) is 0 Å². The van der Waals surface area contributed by atoms with Gasteiger partial charge in [0.1, 0.15) is 22.5 Å². The SMILES string of the molecule is COc1ccc(C)cc1S(=O)(=O)N1CCN(c2ccc(C#N)cn2)CC1. The molecule has 1 aliphatic rings. The van der Waals surface area contributed by atoms with E-state index >= 15 is 0 Å². The van der Waals surface area contributed by atoms with E-state index in [2.05, 4.69) is 4.98 Å². The van der Waals surface area contributed by atoms with Crippen LogP contribution in [0.5, 0.6) is 5.75 Å². The Morgan fingerprint density at radius 2 is 1.88 bits per heavy atom. The van der Waals surface area contributed by atoms with Crippen LogP contribution in [0.1, 0.15) is 11.1 Å². The zero-order chi connectivity index (χ0) is 18.7. The number of nitrogens with zero attached hydrogens (tertiary/aromatic N) is 4. The lowest BCUT2D eigenvalue weighted by Crippen LogP contribution is -2.49. The van der Waals surface area contributed by atoms with Crippen molar-refractivity contribution in [3.8, 4) is 11.8 Å². The molecule has 136 valence electrons. The Labute approximate surface area is 153 Å². The van der Waals surface area contributed by atoms with Gasteiger partial charge in [-0.05, 0) is 36.8 Å². The topological polar surface area (TPSA) is 86.5 Å². The van der Waals surface area contributed by atoms with Crippen LogP contribution in [-0.2, 0) is 10.0 Å². The Bertz CT molecular complexity index is 928. The number of methoxy groups -OCH3 is 1. The van der Waals surface area contributed by atoms with E-state index in [0.29, 0.717) is 37.5 Å². The summed E-state index contributed by atoms with van der Waals surface area (Å²) in [5.41, 5.74) is 1.37. The summed E-state index contributed by atoms with van der Waals surface area (Å²) in [7, 11) is -2.15. The van der Waals surface area contributed by atoms with Gasteiger partial charge in [-0.25, -0.2) is 13.4 Å². The van der Waals surface area contributed by atoms with Gasteiger partial charge in [-0.2, -0.15) is 9.57 Å². The Balaban J connectivity index is 1.76. The molecule has 0 amide bonds. The number of benzene rings is 1. The molecule has 1 aromatic heterocycles. The summed E-state index contributed by atoms with van der Waals surface area (Å²) in [6.07, 6.45) is 1.52. The molecule has 2 heterocycles. The second-order valence-electron chi connectivity index (χ2n) is 6.06. The van der Waals surface area contributed by atoms with E-state index in [9.17, 15) is 8.42 Å². The van der Waals surface area contributed by atoms with Gasteiger partial charge in [0, 0.05) is 32.4 Å². The van der Waals surface area contributed by atoms with Crippen LogP contribution in [0.15, 0.2) is 41.4 Å². The lowest BCUT2D eigenvalue weighted by Gasteiger charge is -2.34. The predicted molar refractivity (Wildman–Crippen MR) is 97.7 cm³/mol. The highest BCUT2D eigenvalue weighted by molar-refractivity contribution is 7.89. The third kappa shape index (κ3) is 3.49. The van der Waals surface area contributed by atoms with Crippen molar-refractivity contribution in [2.45, 2.75) is 11.8 Å². The maximum atomic E-state index is 13.0. The molecule has 26 heavy (non-hydrogen) atoms. The van der Waals surface area contributed by atoms with Gasteiger partial charge < -0.3 is 9.64 Å². The molecule has 0 aliphatic carbocycles. The van der Waals surface area contributed by atoms with Gasteiger partial charge in [0.15, 0.2) is 0 Å². The van der Waals surface area contributed by atoms with Crippen LogP contribution in [0, 0.1) is 18.3 Å². The van der Waals surface area contributed by atoms with E-state index in [1.54, 1.807) is 24.3 Å². The standard InChI is InChI=1S/C18H20N4O3S/c1-14-3-5-16(25-2)17(11-14)26(23,24)22-9-7-21(8-10-22)18-6-4-15(12-19)13-20-18/h3-6,11,13H,7-10H2,1-2H3. The minimum Gasteiger partial charge on any atom is -0.495 e. The van der Waals surface area contributed by atoms with E-state index in [4.69, 9.17) is 10.00 Å². The number of pyridine rings is 1. The summed E-state index contributed by atoms with van der Waals surface area (Å²) in [5.74, 6) is 1.10. The van der Waals surface area contributed by atoms with Crippen LogP contribution < -0.4 is 9.64 Å². The molecule has 3 rings (SSSR count). The second-order valence-corrected chi connectivity index (χ2v) is 7.97. The first-order valence-electron chi connectivity index (χ1n) is 8.21. The van der Waals surface area contributed by atoms with Crippen molar-refractivity contribution in [1.29, 1.82) is 5.26 Å². The highest BCUT2D eigenvalue weighted by Crippen LogP contribution is 2.28. The van der Waals surface area contributed by atoms with Gasteiger partial charge in [-0.1, -0.05) is 6.07 Å². The number of aromatic nitrogens is 1. The normalized spacial score (nSPS) is 15.5. The monoisotopic (exact) mass is 372 g/mol. The Hall–Kier alpha value is -2.63. The first kappa shape index (κ1) is 18.2. The summed E-state index contributed by atoms with van der Waals surface area (Å²) in [6, 6.07) is 10.7. The minimum absolute atomic E-state index is 0.199. The largest absolute Gasteiger partial charge is 0.495 e. The predicted octanol–water partition coefficient (Wildman–Crippen LogP) is 1.78. The number of hydrogen-bond acceptors (Lipinski definition) is 6. The van der Waals surface area contributed by atoms with Crippen LogP contribution in [0.3, 0.4) is 0 Å². The molecule has 1 aliphatic heterocycles. The lowest BCUT2D eigenvalue weighted by molar-refractivity contribution is 0.373. The van der Waals surface area contributed by atoms with Gasteiger partial charge in [-0.3, -0.25) is 0 Å². The first-order valence-corrected chi connectivity index (χ1v) is 9.65. The Kier molecular flexibility index (Phi) is 5.11. The number of piperazine rings is 1. The number of hydrogen-bond donors (Lipinski definition) is 0. The quantitative estimate of drug-likeness (QED) is 0.813. The molecule has 1 fully saturated rings.